The highest BCUT2D eigenvalue weighted by molar-refractivity contribution is 5.80. The Morgan fingerprint density at radius 3 is 0.867 bits per heavy atom. The first-order valence-corrected chi connectivity index (χ1v) is 4.45. The molecule has 2 heteroatoms. The Morgan fingerprint density at radius 2 is 0.867 bits per heavy atom. The number of carbonyl (C=O) groups is 1. The van der Waals surface area contributed by atoms with Crippen molar-refractivity contribution in [3.63, 3.8) is 0 Å². The summed E-state index contributed by atoms with van der Waals surface area (Å²) in [6.45, 7) is 16.1. The second-order valence-electron chi connectivity index (χ2n) is 5.81. The zero-order valence-corrected chi connectivity index (χ0v) is 10.6. The Morgan fingerprint density at radius 1 is 0.800 bits per heavy atom. The average Bonchev–Trinajstić information content (AvgIpc) is 1.55. The maximum absolute atomic E-state index is 10.5. The van der Waals surface area contributed by atoms with Gasteiger partial charge in [-0.3, -0.25) is 4.79 Å². The number of Topliss-reactive ketones (excluding diaryl/α,β-unsaturated/α-hetero) is 1. The van der Waals surface area contributed by atoms with Gasteiger partial charge in [0.2, 0.25) is 0 Å². The molecule has 0 atom stereocenters. The molecule has 0 saturated carbocycles. The van der Waals surface area contributed by atoms with Crippen LogP contribution in [0.25, 0.3) is 0 Å². The molecule has 0 radical (unpaired) electrons. The van der Waals surface area contributed by atoms with Crippen LogP contribution in [0.15, 0.2) is 0 Å². The summed E-state index contributed by atoms with van der Waals surface area (Å²) in [6, 6.07) is 0. The third-order valence-electron chi connectivity index (χ3n) is 1.06. The van der Waals surface area contributed by atoms with Gasteiger partial charge in [-0.15, -0.1) is 0 Å². The van der Waals surface area contributed by atoms with Crippen molar-refractivity contribution in [2.75, 3.05) is 0 Å². The summed E-state index contributed by atoms with van der Waals surface area (Å²) in [4.78, 5) is 10.5. The van der Waals surface area contributed by atoms with Gasteiger partial charge in [0, 0.05) is 5.41 Å². The first-order chi connectivity index (χ1) is 4.94. The monoisotopic (exact) mass is 221 g/mol. The van der Waals surface area contributed by atoms with Crippen LogP contribution in [0.4, 0.5) is 0 Å². The fourth-order valence-corrected chi connectivity index (χ4v) is 0. The molecule has 0 rings (SSSR count). The SMILES string of the molecule is C.C.CC(=O)C(C)(C)C.CC(C)(C)C.N. The summed E-state index contributed by atoms with van der Waals surface area (Å²) in [5, 5.41) is 0. The first kappa shape index (κ1) is 29.3. The van der Waals surface area contributed by atoms with Crippen LogP contribution < -0.4 is 6.15 Å². The summed E-state index contributed by atoms with van der Waals surface area (Å²) in [5.41, 5.74) is 0.361. The molecule has 3 N–H and O–H groups in total. The maximum Gasteiger partial charge on any atom is 0.135 e. The highest BCUT2D eigenvalue weighted by Crippen LogP contribution is 2.12. The van der Waals surface area contributed by atoms with E-state index in [4.69, 9.17) is 0 Å². The molecule has 0 saturated heterocycles. The van der Waals surface area contributed by atoms with Crippen molar-refractivity contribution in [3.8, 4) is 0 Å². The lowest BCUT2D eigenvalue weighted by Gasteiger charge is -2.11. The van der Waals surface area contributed by atoms with E-state index in [-0.39, 0.29) is 32.2 Å². The van der Waals surface area contributed by atoms with E-state index >= 15 is 0 Å². The second kappa shape index (κ2) is 10.2. The van der Waals surface area contributed by atoms with Crippen LogP contribution in [0.2, 0.25) is 0 Å². The predicted molar refractivity (Wildman–Crippen MR) is 73.7 cm³/mol. The zero-order chi connectivity index (χ0) is 10.6. The smallest absolute Gasteiger partial charge is 0.135 e. The standard InChI is InChI=1S/C6H12O.C5H12.2CH4.H3N/c1-5(7)6(2,3)4;1-5(2,3)4;;;/h1-4H3;1-4H3;2*1H4;1H3. The van der Waals surface area contributed by atoms with Gasteiger partial charge in [-0.2, -0.15) is 0 Å². The van der Waals surface area contributed by atoms with Crippen molar-refractivity contribution in [2.45, 2.75) is 70.2 Å². The van der Waals surface area contributed by atoms with Crippen molar-refractivity contribution in [1.29, 1.82) is 0 Å². The third-order valence-corrected chi connectivity index (χ3v) is 1.06. The molecule has 0 heterocycles. The summed E-state index contributed by atoms with van der Waals surface area (Å²) in [5.74, 6) is 0.243. The highest BCUT2D eigenvalue weighted by atomic mass is 16.1. The van der Waals surface area contributed by atoms with E-state index in [1.54, 1.807) is 6.92 Å². The van der Waals surface area contributed by atoms with Gasteiger partial charge in [0.1, 0.15) is 5.78 Å². The molecular formula is C13H35NO. The Kier molecular flexibility index (Phi) is 19.8. The van der Waals surface area contributed by atoms with Crippen LogP contribution >= 0.6 is 0 Å². The van der Waals surface area contributed by atoms with Gasteiger partial charge in [-0.1, -0.05) is 63.3 Å². The van der Waals surface area contributed by atoms with Gasteiger partial charge in [0.25, 0.3) is 0 Å². The molecule has 0 aliphatic rings. The molecular weight excluding hydrogens is 186 g/mol. The van der Waals surface area contributed by atoms with E-state index in [1.807, 2.05) is 20.8 Å². The van der Waals surface area contributed by atoms with Gasteiger partial charge >= 0.3 is 0 Å². The summed E-state index contributed by atoms with van der Waals surface area (Å²) >= 11 is 0. The van der Waals surface area contributed by atoms with Crippen molar-refractivity contribution < 1.29 is 4.79 Å². The van der Waals surface area contributed by atoms with E-state index in [1.165, 1.54) is 0 Å². The largest absolute Gasteiger partial charge is 0.344 e. The lowest BCUT2D eigenvalue weighted by molar-refractivity contribution is -0.124. The average molecular weight is 221 g/mol. The minimum atomic E-state index is -0.139. The molecule has 0 unspecified atom stereocenters. The Hall–Kier alpha value is -0.370. The van der Waals surface area contributed by atoms with E-state index in [0.29, 0.717) is 5.41 Å². The maximum atomic E-state index is 10.5. The zero-order valence-electron chi connectivity index (χ0n) is 10.6. The molecule has 0 aromatic rings. The number of ketones is 1. The quantitative estimate of drug-likeness (QED) is 0.618. The Labute approximate surface area is 98.4 Å². The molecule has 0 spiro atoms. The Balaban J connectivity index is -0.0000000383. The van der Waals surface area contributed by atoms with Crippen LogP contribution in [0, 0.1) is 10.8 Å². The number of rotatable bonds is 0. The second-order valence-corrected chi connectivity index (χ2v) is 5.81. The molecule has 0 aliphatic carbocycles. The topological polar surface area (TPSA) is 52.1 Å². The van der Waals surface area contributed by atoms with Gasteiger partial charge in [-0.25, -0.2) is 0 Å². The molecule has 15 heavy (non-hydrogen) atoms. The Bertz CT molecular complexity index is 132. The van der Waals surface area contributed by atoms with Crippen molar-refractivity contribution in [2.24, 2.45) is 10.8 Å². The van der Waals surface area contributed by atoms with E-state index in [0.717, 1.165) is 0 Å². The van der Waals surface area contributed by atoms with Crippen molar-refractivity contribution in [3.05, 3.63) is 0 Å². The van der Waals surface area contributed by atoms with Crippen molar-refractivity contribution >= 4 is 5.78 Å². The van der Waals surface area contributed by atoms with Gasteiger partial charge in [0.05, 0.1) is 0 Å². The first-order valence-electron chi connectivity index (χ1n) is 4.45. The van der Waals surface area contributed by atoms with Crippen LogP contribution in [0.1, 0.15) is 70.2 Å². The fraction of sp³-hybridized carbons (Fsp3) is 0.923. The van der Waals surface area contributed by atoms with Crippen LogP contribution in [0.3, 0.4) is 0 Å². The number of hydrogen-bond acceptors (Lipinski definition) is 2. The molecule has 0 amide bonds. The summed E-state index contributed by atoms with van der Waals surface area (Å²) in [7, 11) is 0. The van der Waals surface area contributed by atoms with Crippen LogP contribution in [-0.4, -0.2) is 5.78 Å². The molecule has 0 aromatic carbocycles. The van der Waals surface area contributed by atoms with Gasteiger partial charge in [-0.05, 0) is 12.3 Å². The van der Waals surface area contributed by atoms with E-state index in [2.05, 4.69) is 27.7 Å². The minimum Gasteiger partial charge on any atom is -0.344 e. The lowest BCUT2D eigenvalue weighted by Crippen LogP contribution is -2.15. The van der Waals surface area contributed by atoms with Gasteiger partial charge < -0.3 is 6.15 Å². The number of carbonyl (C=O) groups excluding carboxylic acids is 1. The molecule has 0 fully saturated rings. The minimum absolute atomic E-state index is 0. The van der Waals surface area contributed by atoms with Crippen molar-refractivity contribution in [1.82, 2.24) is 6.15 Å². The summed E-state index contributed by atoms with van der Waals surface area (Å²) < 4.78 is 0. The number of hydrogen-bond donors (Lipinski definition) is 1. The molecule has 0 aromatic heterocycles. The summed E-state index contributed by atoms with van der Waals surface area (Å²) in [6.07, 6.45) is 0. The normalized spacial score (nSPS) is 9.33. The van der Waals surface area contributed by atoms with Crippen LogP contribution in [-0.2, 0) is 4.79 Å². The lowest BCUT2D eigenvalue weighted by atomic mass is 9.92. The molecule has 2 nitrogen and oxygen atoms in total. The molecule has 0 aliphatic heterocycles. The predicted octanol–water partition coefficient (Wildman–Crippen LogP) is 5.11. The molecule has 0 bridgehead atoms. The van der Waals surface area contributed by atoms with Gasteiger partial charge in [0.15, 0.2) is 0 Å². The highest BCUT2D eigenvalue weighted by Gasteiger charge is 2.14. The van der Waals surface area contributed by atoms with Crippen LogP contribution in [0.5, 0.6) is 0 Å². The fourth-order valence-electron chi connectivity index (χ4n) is 0. The van der Waals surface area contributed by atoms with E-state index < -0.39 is 0 Å². The molecule has 98 valence electrons. The third kappa shape index (κ3) is 58.2. The van der Waals surface area contributed by atoms with E-state index in [9.17, 15) is 4.79 Å².